The molecule has 0 aliphatic rings. The number of pyridine rings is 1. The molecule has 0 saturated heterocycles. The van der Waals surface area contributed by atoms with E-state index in [0.29, 0.717) is 5.56 Å². The van der Waals surface area contributed by atoms with Crippen molar-refractivity contribution in [3.05, 3.63) is 102 Å². The first-order valence-electron chi connectivity index (χ1n) is 8.68. The van der Waals surface area contributed by atoms with Crippen LogP contribution in [-0.4, -0.2) is 9.68 Å². The molecule has 0 atom stereocenters. The molecule has 0 fully saturated rings. The Hall–Kier alpha value is -3.11. The van der Waals surface area contributed by atoms with Crippen LogP contribution in [0.3, 0.4) is 0 Å². The number of aryl methyl sites for hydroxylation is 1. The van der Waals surface area contributed by atoms with Crippen LogP contribution in [-0.2, 0) is 7.05 Å². The third kappa shape index (κ3) is 3.71. The summed E-state index contributed by atoms with van der Waals surface area (Å²) in [5.41, 5.74) is 2.62. The molecule has 0 spiro atoms. The first-order valence-corrected chi connectivity index (χ1v) is 9.49. The summed E-state index contributed by atoms with van der Waals surface area (Å²) in [4.78, 5) is 18.5. The van der Waals surface area contributed by atoms with Crippen molar-refractivity contribution in [2.45, 2.75) is 4.90 Å². The quantitative estimate of drug-likeness (QED) is 0.456. The molecule has 0 saturated carbocycles. The number of benzene rings is 3. The number of carbonyl (C=O) groups excluding carboxylic acids is 1. The number of nitrogens with zero attached hydrogens (tertiary/aromatic N) is 2. The first-order chi connectivity index (χ1) is 13.2. The average Bonchev–Trinajstić information content (AvgIpc) is 2.72. The van der Waals surface area contributed by atoms with Gasteiger partial charge < -0.3 is 4.57 Å². The van der Waals surface area contributed by atoms with Gasteiger partial charge in [0.2, 0.25) is 5.12 Å². The maximum Gasteiger partial charge on any atom is 0.224 e. The predicted octanol–water partition coefficient (Wildman–Crippen LogP) is 5.34. The molecule has 0 aliphatic carbocycles. The summed E-state index contributed by atoms with van der Waals surface area (Å²) < 4.78 is 2.04. The number of thioether (sulfide) groups is 1. The zero-order valence-electron chi connectivity index (χ0n) is 14.9. The SMILES string of the molecule is Cn1cc(SC(=O)c2ccccc2)c(=Nc2ccccc2)c2ccccc21. The van der Waals surface area contributed by atoms with Crippen LogP contribution >= 0.6 is 11.8 Å². The number of hydrogen-bond donors (Lipinski definition) is 0. The van der Waals surface area contributed by atoms with Crippen molar-refractivity contribution in [3.8, 4) is 0 Å². The van der Waals surface area contributed by atoms with Crippen molar-refractivity contribution >= 4 is 33.5 Å². The molecule has 3 nitrogen and oxygen atoms in total. The zero-order valence-corrected chi connectivity index (χ0v) is 15.7. The molecule has 0 N–H and O–H groups in total. The maximum absolute atomic E-state index is 12.8. The number of para-hydroxylation sites is 2. The van der Waals surface area contributed by atoms with Gasteiger partial charge in [0, 0.05) is 29.7 Å². The van der Waals surface area contributed by atoms with Crippen LogP contribution in [0.5, 0.6) is 0 Å². The Bertz CT molecular complexity index is 1170. The van der Waals surface area contributed by atoms with Gasteiger partial charge in [0.15, 0.2) is 0 Å². The highest BCUT2D eigenvalue weighted by Crippen LogP contribution is 2.23. The third-order valence-electron chi connectivity index (χ3n) is 4.29. The van der Waals surface area contributed by atoms with Crippen molar-refractivity contribution in [2.24, 2.45) is 12.0 Å². The van der Waals surface area contributed by atoms with Gasteiger partial charge in [-0.1, -0.05) is 66.7 Å². The highest BCUT2D eigenvalue weighted by molar-refractivity contribution is 8.14. The number of aromatic nitrogens is 1. The monoisotopic (exact) mass is 370 g/mol. The van der Waals surface area contributed by atoms with Crippen LogP contribution in [0.25, 0.3) is 10.9 Å². The normalized spacial score (nSPS) is 11.7. The molecule has 0 unspecified atom stereocenters. The lowest BCUT2D eigenvalue weighted by molar-refractivity contribution is 0.108. The van der Waals surface area contributed by atoms with Crippen molar-refractivity contribution in [1.82, 2.24) is 4.57 Å². The summed E-state index contributed by atoms with van der Waals surface area (Å²) in [7, 11) is 1.99. The molecule has 4 aromatic rings. The lowest BCUT2D eigenvalue weighted by atomic mass is 10.2. The molecule has 1 aromatic heterocycles. The van der Waals surface area contributed by atoms with E-state index in [1.807, 2.05) is 96.7 Å². The van der Waals surface area contributed by atoms with Gasteiger partial charge >= 0.3 is 0 Å². The molecule has 0 radical (unpaired) electrons. The van der Waals surface area contributed by atoms with Crippen molar-refractivity contribution in [2.75, 3.05) is 0 Å². The van der Waals surface area contributed by atoms with Crippen LogP contribution in [0.1, 0.15) is 10.4 Å². The Morgan fingerprint density at radius 3 is 2.22 bits per heavy atom. The Morgan fingerprint density at radius 1 is 0.852 bits per heavy atom. The third-order valence-corrected chi connectivity index (χ3v) is 5.23. The van der Waals surface area contributed by atoms with Gasteiger partial charge in [-0.15, -0.1) is 0 Å². The van der Waals surface area contributed by atoms with Crippen LogP contribution in [0.4, 0.5) is 5.69 Å². The Balaban J connectivity index is 1.91. The van der Waals surface area contributed by atoms with Gasteiger partial charge in [-0.25, -0.2) is 4.99 Å². The maximum atomic E-state index is 12.8. The fraction of sp³-hybridized carbons (Fsp3) is 0.0435. The Kier molecular flexibility index (Phi) is 4.90. The number of rotatable bonds is 3. The van der Waals surface area contributed by atoms with Crippen molar-refractivity contribution in [1.29, 1.82) is 0 Å². The van der Waals surface area contributed by atoms with Gasteiger partial charge in [0.25, 0.3) is 0 Å². The van der Waals surface area contributed by atoms with E-state index in [4.69, 9.17) is 4.99 Å². The second-order valence-corrected chi connectivity index (χ2v) is 7.19. The van der Waals surface area contributed by atoms with Gasteiger partial charge in [-0.2, -0.15) is 0 Å². The predicted molar refractivity (Wildman–Crippen MR) is 111 cm³/mol. The molecule has 0 aliphatic heterocycles. The van der Waals surface area contributed by atoms with E-state index in [1.165, 1.54) is 11.8 Å². The minimum atomic E-state index is 0.00962. The Morgan fingerprint density at radius 2 is 1.48 bits per heavy atom. The largest absolute Gasteiger partial charge is 0.349 e. The van der Waals surface area contributed by atoms with Crippen LogP contribution in [0.2, 0.25) is 0 Å². The lowest BCUT2D eigenvalue weighted by Crippen LogP contribution is -2.12. The summed E-state index contributed by atoms with van der Waals surface area (Å²) in [5, 5.41) is 1.86. The Labute approximate surface area is 162 Å². The number of carbonyl (C=O) groups is 1. The molecule has 0 amide bonds. The summed E-state index contributed by atoms with van der Waals surface area (Å²) in [5.74, 6) is 0. The number of fused-ring (bicyclic) bond motifs is 1. The second kappa shape index (κ2) is 7.64. The molecular formula is C23H18N2OS. The van der Waals surface area contributed by atoms with Gasteiger partial charge in [-0.3, -0.25) is 4.79 Å². The topological polar surface area (TPSA) is 34.4 Å². The fourth-order valence-electron chi connectivity index (χ4n) is 2.98. The summed E-state index contributed by atoms with van der Waals surface area (Å²) >= 11 is 1.22. The molecule has 4 rings (SSSR count). The van der Waals surface area contributed by atoms with E-state index < -0.39 is 0 Å². The van der Waals surface area contributed by atoms with E-state index in [-0.39, 0.29) is 5.12 Å². The second-order valence-electron chi connectivity index (χ2n) is 6.17. The number of hydrogen-bond acceptors (Lipinski definition) is 3. The fourth-order valence-corrected chi connectivity index (χ4v) is 3.89. The zero-order chi connectivity index (χ0) is 18.6. The standard InChI is InChI=1S/C23H18N2OS/c1-25-16-21(27-23(26)17-10-4-2-5-11-17)22(19-14-8-9-15-20(19)25)24-18-12-6-3-7-13-18/h2-16H,1H3. The van der Waals surface area contributed by atoms with Gasteiger partial charge in [-0.05, 0) is 30.0 Å². The average molecular weight is 370 g/mol. The summed E-state index contributed by atoms with van der Waals surface area (Å²) in [6.45, 7) is 0. The lowest BCUT2D eigenvalue weighted by Gasteiger charge is -2.11. The van der Waals surface area contributed by atoms with Crippen LogP contribution in [0.15, 0.2) is 101 Å². The van der Waals surface area contributed by atoms with Crippen LogP contribution < -0.4 is 5.36 Å². The summed E-state index contributed by atoms with van der Waals surface area (Å²) in [6.07, 6.45) is 1.98. The van der Waals surface area contributed by atoms with Crippen molar-refractivity contribution in [3.63, 3.8) is 0 Å². The minimum Gasteiger partial charge on any atom is -0.349 e. The highest BCUT2D eigenvalue weighted by atomic mass is 32.2. The molecule has 132 valence electrons. The van der Waals surface area contributed by atoms with E-state index in [0.717, 1.165) is 26.8 Å². The van der Waals surface area contributed by atoms with Gasteiger partial charge in [0.1, 0.15) is 0 Å². The smallest absolute Gasteiger partial charge is 0.224 e. The highest BCUT2D eigenvalue weighted by Gasteiger charge is 2.12. The minimum absolute atomic E-state index is 0.00962. The van der Waals surface area contributed by atoms with Gasteiger partial charge in [0.05, 0.1) is 15.9 Å². The molecule has 4 heteroatoms. The molecule has 1 heterocycles. The van der Waals surface area contributed by atoms with E-state index >= 15 is 0 Å². The summed E-state index contributed by atoms with van der Waals surface area (Å²) in [6, 6.07) is 27.3. The van der Waals surface area contributed by atoms with Crippen LogP contribution in [0, 0.1) is 0 Å². The molecule has 0 bridgehead atoms. The molecular weight excluding hydrogens is 352 g/mol. The van der Waals surface area contributed by atoms with E-state index in [9.17, 15) is 4.79 Å². The van der Waals surface area contributed by atoms with E-state index in [1.54, 1.807) is 0 Å². The van der Waals surface area contributed by atoms with Crippen molar-refractivity contribution < 1.29 is 4.79 Å². The van der Waals surface area contributed by atoms with E-state index in [2.05, 4.69) is 6.07 Å². The molecule has 3 aromatic carbocycles. The molecule has 27 heavy (non-hydrogen) atoms. The first kappa shape index (κ1) is 17.3.